The molecule has 1 aromatic carbocycles. The van der Waals surface area contributed by atoms with Crippen LogP contribution in [0.3, 0.4) is 0 Å². The molecule has 0 atom stereocenters. The predicted molar refractivity (Wildman–Crippen MR) is 88.9 cm³/mol. The smallest absolute Gasteiger partial charge is 0.129 e. The highest BCUT2D eigenvalue weighted by Gasteiger charge is 2.12. The van der Waals surface area contributed by atoms with Gasteiger partial charge in [-0.25, -0.2) is 0 Å². The van der Waals surface area contributed by atoms with E-state index in [1.165, 1.54) is 11.3 Å². The van der Waals surface area contributed by atoms with Crippen molar-refractivity contribution in [2.24, 2.45) is 4.99 Å². The number of hydrogen-bond acceptors (Lipinski definition) is 1. The molecule has 0 saturated heterocycles. The number of para-hydroxylation sites is 1. The summed E-state index contributed by atoms with van der Waals surface area (Å²) in [7, 11) is -1.20. The SMILES string of the molecule is CC.C[Si](C)(C)C#CCCC1=Nc2ccccc2C1. The predicted octanol–water partition coefficient (Wildman–Crippen LogP) is 5.00. The summed E-state index contributed by atoms with van der Waals surface area (Å²) in [6.45, 7) is 10.8. The number of rotatable bonds is 2. The molecule has 2 heteroatoms. The van der Waals surface area contributed by atoms with Crippen LogP contribution in [-0.2, 0) is 6.42 Å². The maximum Gasteiger partial charge on any atom is 0.129 e. The Morgan fingerprint density at radius 1 is 1.16 bits per heavy atom. The highest BCUT2D eigenvalue weighted by Crippen LogP contribution is 2.27. The van der Waals surface area contributed by atoms with Crippen LogP contribution in [0, 0.1) is 11.5 Å². The minimum atomic E-state index is -1.20. The Morgan fingerprint density at radius 2 is 1.84 bits per heavy atom. The summed E-state index contributed by atoms with van der Waals surface area (Å²) in [5, 5.41) is 0. The minimum Gasteiger partial charge on any atom is -0.257 e. The average molecular weight is 271 g/mol. The first-order valence-electron chi connectivity index (χ1n) is 7.19. The van der Waals surface area contributed by atoms with E-state index in [0.717, 1.165) is 24.9 Å². The molecular formula is C17H25NSi. The molecule has 0 unspecified atom stereocenters. The molecule has 1 aliphatic heterocycles. The van der Waals surface area contributed by atoms with Gasteiger partial charge in [-0.1, -0.05) is 51.7 Å². The third-order valence-electron chi connectivity index (χ3n) is 2.67. The van der Waals surface area contributed by atoms with E-state index in [2.05, 4.69) is 60.4 Å². The van der Waals surface area contributed by atoms with Crippen LogP contribution in [0.2, 0.25) is 19.6 Å². The number of benzene rings is 1. The quantitative estimate of drug-likeness (QED) is 0.530. The molecular weight excluding hydrogens is 246 g/mol. The van der Waals surface area contributed by atoms with Crippen LogP contribution in [0.15, 0.2) is 29.3 Å². The lowest BCUT2D eigenvalue weighted by molar-refractivity contribution is 1.11. The monoisotopic (exact) mass is 271 g/mol. The van der Waals surface area contributed by atoms with Gasteiger partial charge in [-0.2, -0.15) is 0 Å². The van der Waals surface area contributed by atoms with Gasteiger partial charge in [-0.3, -0.25) is 4.99 Å². The third kappa shape index (κ3) is 5.44. The number of aliphatic imine (C=N–C) groups is 1. The van der Waals surface area contributed by atoms with Crippen molar-refractivity contribution >= 4 is 19.5 Å². The molecule has 0 aliphatic carbocycles. The van der Waals surface area contributed by atoms with Crippen LogP contribution in [0.4, 0.5) is 5.69 Å². The Balaban J connectivity index is 0.000000861. The molecule has 1 nitrogen and oxygen atoms in total. The first-order chi connectivity index (χ1) is 9.04. The first-order valence-corrected chi connectivity index (χ1v) is 10.7. The Labute approximate surface area is 119 Å². The number of hydrogen-bond donors (Lipinski definition) is 0. The molecule has 1 heterocycles. The van der Waals surface area contributed by atoms with E-state index in [9.17, 15) is 0 Å². The molecule has 102 valence electrons. The van der Waals surface area contributed by atoms with Crippen LogP contribution in [0.25, 0.3) is 0 Å². The maximum atomic E-state index is 4.65. The molecule has 0 radical (unpaired) electrons. The molecule has 0 N–H and O–H groups in total. The van der Waals surface area contributed by atoms with Crippen molar-refractivity contribution in [3.8, 4) is 11.5 Å². The molecule has 0 spiro atoms. The van der Waals surface area contributed by atoms with Gasteiger partial charge < -0.3 is 0 Å². The Bertz CT molecular complexity index is 498. The van der Waals surface area contributed by atoms with E-state index >= 15 is 0 Å². The second-order valence-electron chi connectivity index (χ2n) is 5.54. The van der Waals surface area contributed by atoms with Crippen molar-refractivity contribution in [3.05, 3.63) is 29.8 Å². The van der Waals surface area contributed by atoms with Crippen molar-refractivity contribution in [1.82, 2.24) is 0 Å². The highest BCUT2D eigenvalue weighted by molar-refractivity contribution is 6.83. The fourth-order valence-electron chi connectivity index (χ4n) is 1.88. The van der Waals surface area contributed by atoms with Crippen LogP contribution < -0.4 is 0 Å². The summed E-state index contributed by atoms with van der Waals surface area (Å²) < 4.78 is 0. The summed E-state index contributed by atoms with van der Waals surface area (Å²) in [5.74, 6) is 3.31. The normalized spacial score (nSPS) is 12.6. The van der Waals surface area contributed by atoms with Crippen molar-refractivity contribution in [2.45, 2.75) is 52.8 Å². The second-order valence-corrected chi connectivity index (χ2v) is 10.3. The minimum absolute atomic E-state index is 0.955. The average Bonchev–Trinajstić information content (AvgIpc) is 2.78. The molecule has 0 fully saturated rings. The van der Waals surface area contributed by atoms with Gasteiger partial charge in [0.15, 0.2) is 0 Å². The van der Waals surface area contributed by atoms with E-state index in [1.54, 1.807) is 0 Å². The summed E-state index contributed by atoms with van der Waals surface area (Å²) in [6, 6.07) is 8.40. The summed E-state index contributed by atoms with van der Waals surface area (Å²) >= 11 is 0. The summed E-state index contributed by atoms with van der Waals surface area (Å²) in [5.41, 5.74) is 7.20. The van der Waals surface area contributed by atoms with Gasteiger partial charge in [0.05, 0.1) is 5.69 Å². The van der Waals surface area contributed by atoms with E-state index < -0.39 is 8.07 Å². The lowest BCUT2D eigenvalue weighted by Gasteiger charge is -2.03. The Kier molecular flexibility index (Phi) is 6.04. The van der Waals surface area contributed by atoms with Gasteiger partial charge in [0, 0.05) is 18.6 Å². The van der Waals surface area contributed by atoms with Crippen LogP contribution in [0.1, 0.15) is 32.3 Å². The van der Waals surface area contributed by atoms with Gasteiger partial charge in [-0.05, 0) is 18.1 Å². The van der Waals surface area contributed by atoms with Gasteiger partial charge in [0.25, 0.3) is 0 Å². The molecule has 1 aliphatic rings. The van der Waals surface area contributed by atoms with Gasteiger partial charge in [0.2, 0.25) is 0 Å². The molecule has 0 bridgehead atoms. The van der Waals surface area contributed by atoms with E-state index in [0.29, 0.717) is 0 Å². The van der Waals surface area contributed by atoms with Crippen LogP contribution in [-0.4, -0.2) is 13.8 Å². The Morgan fingerprint density at radius 3 is 2.47 bits per heavy atom. The molecule has 1 aromatic rings. The number of fused-ring (bicyclic) bond motifs is 1. The third-order valence-corrected chi connectivity index (χ3v) is 3.59. The van der Waals surface area contributed by atoms with Crippen molar-refractivity contribution in [1.29, 1.82) is 0 Å². The zero-order valence-electron chi connectivity index (χ0n) is 12.9. The Hall–Kier alpha value is -1.33. The summed E-state index contributed by atoms with van der Waals surface area (Å²) in [6.07, 6.45) is 2.99. The highest BCUT2D eigenvalue weighted by atomic mass is 28.3. The molecule has 19 heavy (non-hydrogen) atoms. The lowest BCUT2D eigenvalue weighted by atomic mass is 10.1. The van der Waals surface area contributed by atoms with E-state index in [4.69, 9.17) is 0 Å². The fourth-order valence-corrected chi connectivity index (χ4v) is 2.53. The molecule has 0 saturated carbocycles. The van der Waals surface area contributed by atoms with Gasteiger partial charge in [0.1, 0.15) is 8.07 Å². The standard InChI is InChI=1S/C15H19NSi.C2H6/c1-17(2,3)11-7-6-9-14-12-13-8-4-5-10-15(13)16-14;1-2/h4-5,8,10H,6,9,12H2,1-3H3;1-2H3. The lowest BCUT2D eigenvalue weighted by Crippen LogP contribution is -2.16. The maximum absolute atomic E-state index is 4.65. The zero-order valence-corrected chi connectivity index (χ0v) is 13.9. The van der Waals surface area contributed by atoms with Crippen molar-refractivity contribution < 1.29 is 0 Å². The van der Waals surface area contributed by atoms with Crippen LogP contribution >= 0.6 is 0 Å². The first kappa shape index (κ1) is 15.7. The van der Waals surface area contributed by atoms with Gasteiger partial charge >= 0.3 is 0 Å². The molecule has 2 rings (SSSR count). The topological polar surface area (TPSA) is 12.4 Å². The molecule has 0 amide bonds. The second kappa shape index (κ2) is 7.30. The van der Waals surface area contributed by atoms with Crippen molar-refractivity contribution in [2.75, 3.05) is 0 Å². The van der Waals surface area contributed by atoms with Crippen molar-refractivity contribution in [3.63, 3.8) is 0 Å². The van der Waals surface area contributed by atoms with Gasteiger partial charge in [-0.15, -0.1) is 11.5 Å². The van der Waals surface area contributed by atoms with E-state index in [-0.39, 0.29) is 0 Å². The largest absolute Gasteiger partial charge is 0.257 e. The van der Waals surface area contributed by atoms with E-state index in [1.807, 2.05) is 13.8 Å². The zero-order chi connectivity index (χ0) is 14.3. The fraction of sp³-hybridized carbons (Fsp3) is 0.471. The number of nitrogens with zero attached hydrogens (tertiary/aromatic N) is 1. The molecule has 0 aromatic heterocycles. The summed E-state index contributed by atoms with van der Waals surface area (Å²) in [4.78, 5) is 4.65. The van der Waals surface area contributed by atoms with Crippen LogP contribution in [0.5, 0.6) is 0 Å².